The molecule has 4 heteroatoms. The van der Waals surface area contributed by atoms with Crippen molar-refractivity contribution in [2.75, 3.05) is 0 Å². The summed E-state index contributed by atoms with van der Waals surface area (Å²) in [5, 5.41) is 18.1. The molecule has 0 aromatic heterocycles. The summed E-state index contributed by atoms with van der Waals surface area (Å²) in [6.07, 6.45) is 5.25. The van der Waals surface area contributed by atoms with Crippen LogP contribution in [0.1, 0.15) is 26.3 Å². The van der Waals surface area contributed by atoms with E-state index in [0.717, 1.165) is 0 Å². The second-order valence-electron chi connectivity index (χ2n) is 4.10. The van der Waals surface area contributed by atoms with Gasteiger partial charge in [-0.1, -0.05) is 24.1 Å². The third-order valence-electron chi connectivity index (χ3n) is 2.85. The van der Waals surface area contributed by atoms with E-state index in [1.807, 2.05) is 0 Å². The van der Waals surface area contributed by atoms with Crippen molar-refractivity contribution in [1.82, 2.24) is 0 Å². The minimum atomic E-state index is -1.12. The van der Waals surface area contributed by atoms with Crippen molar-refractivity contribution in [3.8, 4) is 23.5 Å². The number of aromatic carboxylic acids is 2. The van der Waals surface area contributed by atoms with Crippen LogP contribution in [0.5, 0.6) is 0 Å². The summed E-state index contributed by atoms with van der Waals surface area (Å²) in [7, 11) is 0. The molecule has 2 rings (SSSR count). The molecule has 0 heterocycles. The van der Waals surface area contributed by atoms with Crippen LogP contribution in [-0.2, 0) is 0 Å². The Balaban J connectivity index is 2.57. The van der Waals surface area contributed by atoms with Crippen molar-refractivity contribution in [3.05, 3.63) is 59.2 Å². The monoisotopic (exact) mass is 266 g/mol. The molecule has 0 amide bonds. The van der Waals surface area contributed by atoms with Crippen molar-refractivity contribution in [1.29, 1.82) is 0 Å². The van der Waals surface area contributed by atoms with Gasteiger partial charge in [-0.15, -0.1) is 6.42 Å². The molecule has 0 atom stereocenters. The first-order chi connectivity index (χ1) is 9.52. The van der Waals surface area contributed by atoms with E-state index in [-0.39, 0.29) is 16.7 Å². The third-order valence-corrected chi connectivity index (χ3v) is 2.85. The number of carboxylic acids is 2. The Hall–Kier alpha value is -3.06. The van der Waals surface area contributed by atoms with Crippen LogP contribution in [0.25, 0.3) is 11.1 Å². The molecule has 0 aliphatic rings. The molecular formula is C16H10O4. The second kappa shape index (κ2) is 5.29. The highest BCUT2D eigenvalue weighted by Crippen LogP contribution is 2.23. The zero-order valence-corrected chi connectivity index (χ0v) is 10.3. The van der Waals surface area contributed by atoms with Gasteiger partial charge in [-0.05, 0) is 35.4 Å². The third kappa shape index (κ3) is 2.52. The van der Waals surface area contributed by atoms with E-state index in [4.69, 9.17) is 16.6 Å². The van der Waals surface area contributed by atoms with Gasteiger partial charge in [-0.25, -0.2) is 9.59 Å². The molecule has 0 bridgehead atoms. The highest BCUT2D eigenvalue weighted by molar-refractivity contribution is 5.93. The molecule has 2 N–H and O–H groups in total. The lowest BCUT2D eigenvalue weighted by Gasteiger charge is -2.06. The van der Waals surface area contributed by atoms with Crippen molar-refractivity contribution >= 4 is 11.9 Å². The summed E-state index contributed by atoms with van der Waals surface area (Å²) >= 11 is 0. The molecule has 0 saturated carbocycles. The molecule has 0 aliphatic carbocycles. The van der Waals surface area contributed by atoms with Crippen LogP contribution in [0.15, 0.2) is 42.5 Å². The molecule has 4 nitrogen and oxygen atoms in total. The maximum absolute atomic E-state index is 11.1. The molecule has 0 spiro atoms. The lowest BCUT2D eigenvalue weighted by molar-refractivity contribution is 0.0685. The molecule has 0 saturated heterocycles. The molecule has 2 aromatic carbocycles. The van der Waals surface area contributed by atoms with Gasteiger partial charge in [0.1, 0.15) is 0 Å². The van der Waals surface area contributed by atoms with Crippen LogP contribution in [0.2, 0.25) is 0 Å². The fraction of sp³-hybridized carbons (Fsp3) is 0. The van der Waals surface area contributed by atoms with Crippen LogP contribution >= 0.6 is 0 Å². The number of benzene rings is 2. The van der Waals surface area contributed by atoms with Gasteiger partial charge < -0.3 is 10.2 Å². The lowest BCUT2D eigenvalue weighted by atomic mass is 9.98. The fourth-order valence-corrected chi connectivity index (χ4v) is 1.86. The Morgan fingerprint density at radius 3 is 2.25 bits per heavy atom. The van der Waals surface area contributed by atoms with Crippen molar-refractivity contribution in [2.24, 2.45) is 0 Å². The maximum atomic E-state index is 11.1. The predicted octanol–water partition coefficient (Wildman–Crippen LogP) is 2.73. The van der Waals surface area contributed by atoms with Crippen molar-refractivity contribution < 1.29 is 19.8 Å². The van der Waals surface area contributed by atoms with Crippen LogP contribution in [0.4, 0.5) is 0 Å². The summed E-state index contributed by atoms with van der Waals surface area (Å²) in [5.74, 6) is 0.157. The topological polar surface area (TPSA) is 74.6 Å². The summed E-state index contributed by atoms with van der Waals surface area (Å²) < 4.78 is 0. The highest BCUT2D eigenvalue weighted by atomic mass is 16.4. The van der Waals surface area contributed by atoms with Gasteiger partial charge in [-0.3, -0.25) is 0 Å². The standard InChI is InChI=1S/C16H10O4/c1-2-10-6-7-12(9-14(10)16(19)20)11-4-3-5-13(8-11)15(17)18/h1,3-9H,(H,17,18)(H,19,20). The quantitative estimate of drug-likeness (QED) is 0.838. The van der Waals surface area contributed by atoms with E-state index >= 15 is 0 Å². The van der Waals surface area contributed by atoms with E-state index in [0.29, 0.717) is 11.1 Å². The summed E-state index contributed by atoms with van der Waals surface area (Å²) in [4.78, 5) is 22.1. The minimum absolute atomic E-state index is 0.0192. The zero-order valence-electron chi connectivity index (χ0n) is 10.3. The second-order valence-corrected chi connectivity index (χ2v) is 4.10. The zero-order chi connectivity index (χ0) is 14.7. The number of carboxylic acid groups (broad SMARTS) is 2. The van der Waals surface area contributed by atoms with Gasteiger partial charge in [0.05, 0.1) is 11.1 Å². The maximum Gasteiger partial charge on any atom is 0.336 e. The average molecular weight is 266 g/mol. The number of carbonyl (C=O) groups is 2. The molecule has 0 unspecified atom stereocenters. The van der Waals surface area contributed by atoms with Gasteiger partial charge in [0.2, 0.25) is 0 Å². The van der Waals surface area contributed by atoms with Gasteiger partial charge >= 0.3 is 11.9 Å². The van der Waals surface area contributed by atoms with Gasteiger partial charge in [0.25, 0.3) is 0 Å². The molecule has 0 fully saturated rings. The van der Waals surface area contributed by atoms with E-state index in [1.165, 1.54) is 24.3 Å². The largest absolute Gasteiger partial charge is 0.478 e. The van der Waals surface area contributed by atoms with Crippen LogP contribution in [0.3, 0.4) is 0 Å². The lowest BCUT2D eigenvalue weighted by Crippen LogP contribution is -2.01. The van der Waals surface area contributed by atoms with E-state index in [1.54, 1.807) is 18.2 Å². The van der Waals surface area contributed by atoms with E-state index < -0.39 is 11.9 Å². The van der Waals surface area contributed by atoms with Gasteiger partial charge in [0.15, 0.2) is 0 Å². The van der Waals surface area contributed by atoms with Crippen LogP contribution in [-0.4, -0.2) is 22.2 Å². The number of hydrogen-bond donors (Lipinski definition) is 2. The summed E-state index contributed by atoms with van der Waals surface area (Å²) in [6, 6.07) is 10.9. The average Bonchev–Trinajstić information content (AvgIpc) is 2.46. The minimum Gasteiger partial charge on any atom is -0.478 e. The first-order valence-corrected chi connectivity index (χ1v) is 5.70. The SMILES string of the molecule is C#Cc1ccc(-c2cccc(C(=O)O)c2)cc1C(=O)O. The summed E-state index contributed by atoms with van der Waals surface area (Å²) in [6.45, 7) is 0. The van der Waals surface area contributed by atoms with E-state index in [2.05, 4.69) is 5.92 Å². The van der Waals surface area contributed by atoms with Gasteiger partial charge in [0, 0.05) is 5.56 Å². The predicted molar refractivity (Wildman–Crippen MR) is 73.7 cm³/mol. The molecule has 20 heavy (non-hydrogen) atoms. The molecule has 98 valence electrons. The summed E-state index contributed by atoms with van der Waals surface area (Å²) in [5.41, 5.74) is 1.67. The van der Waals surface area contributed by atoms with Crippen molar-refractivity contribution in [2.45, 2.75) is 0 Å². The Labute approximate surface area is 115 Å². The Kier molecular flexibility index (Phi) is 3.54. The number of terminal acetylenes is 1. The smallest absolute Gasteiger partial charge is 0.336 e. The van der Waals surface area contributed by atoms with Gasteiger partial charge in [-0.2, -0.15) is 0 Å². The first-order valence-electron chi connectivity index (χ1n) is 5.70. The number of rotatable bonds is 3. The molecular weight excluding hydrogens is 256 g/mol. The normalized spacial score (nSPS) is 9.75. The Morgan fingerprint density at radius 2 is 1.65 bits per heavy atom. The fourth-order valence-electron chi connectivity index (χ4n) is 1.86. The number of hydrogen-bond acceptors (Lipinski definition) is 2. The first kappa shape index (κ1) is 13.4. The van der Waals surface area contributed by atoms with Crippen LogP contribution in [0, 0.1) is 12.3 Å². The highest BCUT2D eigenvalue weighted by Gasteiger charge is 2.11. The molecule has 2 aromatic rings. The Morgan fingerprint density at radius 1 is 0.950 bits per heavy atom. The van der Waals surface area contributed by atoms with E-state index in [9.17, 15) is 9.59 Å². The molecule has 0 aliphatic heterocycles. The van der Waals surface area contributed by atoms with Crippen molar-refractivity contribution in [3.63, 3.8) is 0 Å². The van der Waals surface area contributed by atoms with Crippen LogP contribution < -0.4 is 0 Å². The Bertz CT molecular complexity index is 738. The molecule has 0 radical (unpaired) electrons.